The second kappa shape index (κ2) is 11.9. The molecule has 35 heavy (non-hydrogen) atoms. The number of amides is 1. The summed E-state index contributed by atoms with van der Waals surface area (Å²) in [4.78, 5) is 32.4. The Bertz CT molecular complexity index is 1280. The molecule has 1 heterocycles. The standard InChI is InChI=1S/C25H23N7O2S/c1-17(33)28-22-12-11-21(34)15-23(22)35-14-13-26-24(25-29-31-32-30-25)19-7-9-20(10-8-19)27-16-18-5-3-2-4-6-18/h2-12,15-16,24,26H,13-14H2,1H3,(H,29,30,31,32)/b27-16-,28-22-. The predicted molar refractivity (Wildman–Crippen MR) is 137 cm³/mol. The minimum Gasteiger partial charge on any atom is -0.303 e. The van der Waals surface area contributed by atoms with Gasteiger partial charge < -0.3 is 5.32 Å². The summed E-state index contributed by atoms with van der Waals surface area (Å²) in [5, 5.41) is 17.8. The molecule has 0 spiro atoms. The molecule has 1 atom stereocenters. The molecular formula is C25H23N7O2S. The number of aliphatic imine (C=N–C) groups is 2. The number of allylic oxidation sites excluding steroid dienone is 4. The molecule has 3 aromatic rings. The van der Waals surface area contributed by atoms with Crippen molar-refractivity contribution in [1.29, 1.82) is 0 Å². The van der Waals surface area contributed by atoms with Gasteiger partial charge in [0, 0.05) is 36.4 Å². The number of thioether (sulfide) groups is 1. The van der Waals surface area contributed by atoms with Crippen LogP contribution in [0, 0.1) is 0 Å². The maximum atomic E-state index is 11.8. The third-order valence-electron chi connectivity index (χ3n) is 4.94. The maximum absolute atomic E-state index is 11.8. The summed E-state index contributed by atoms with van der Waals surface area (Å²) in [6, 6.07) is 17.5. The number of aromatic nitrogens is 4. The van der Waals surface area contributed by atoms with E-state index in [0.29, 0.717) is 28.7 Å². The molecule has 0 saturated heterocycles. The fourth-order valence-electron chi connectivity index (χ4n) is 3.34. The summed E-state index contributed by atoms with van der Waals surface area (Å²) in [6.45, 7) is 1.97. The van der Waals surface area contributed by atoms with Gasteiger partial charge >= 0.3 is 0 Å². The van der Waals surface area contributed by atoms with Crippen molar-refractivity contribution in [3.8, 4) is 0 Å². The number of benzene rings is 2. The molecule has 0 fully saturated rings. The summed E-state index contributed by atoms with van der Waals surface area (Å²) in [6.07, 6.45) is 6.31. The van der Waals surface area contributed by atoms with E-state index in [1.807, 2.05) is 60.8 Å². The molecule has 1 aliphatic rings. The Morgan fingerprint density at radius 3 is 2.66 bits per heavy atom. The average molecular weight is 486 g/mol. The van der Waals surface area contributed by atoms with Crippen LogP contribution >= 0.6 is 11.8 Å². The second-order valence-electron chi connectivity index (χ2n) is 7.54. The number of carbonyl (C=O) groups excluding carboxylic acids is 2. The number of hydrogen-bond donors (Lipinski definition) is 2. The number of rotatable bonds is 9. The van der Waals surface area contributed by atoms with Gasteiger partial charge in [-0.15, -0.1) is 16.9 Å². The van der Waals surface area contributed by atoms with E-state index in [2.05, 4.69) is 35.9 Å². The lowest BCUT2D eigenvalue weighted by atomic mass is 10.1. The van der Waals surface area contributed by atoms with E-state index in [9.17, 15) is 9.59 Å². The molecule has 1 amide bonds. The summed E-state index contributed by atoms with van der Waals surface area (Å²) < 4.78 is 0. The van der Waals surface area contributed by atoms with Crippen molar-refractivity contribution in [2.75, 3.05) is 12.3 Å². The van der Waals surface area contributed by atoms with Crippen LogP contribution in [0.1, 0.15) is 29.9 Å². The minimum absolute atomic E-state index is 0.122. The van der Waals surface area contributed by atoms with Crippen molar-refractivity contribution < 1.29 is 9.59 Å². The van der Waals surface area contributed by atoms with E-state index >= 15 is 0 Å². The Hall–Kier alpha value is -4.02. The first-order valence-electron chi connectivity index (χ1n) is 10.9. The predicted octanol–water partition coefficient (Wildman–Crippen LogP) is 3.37. The highest BCUT2D eigenvalue weighted by Gasteiger charge is 2.18. The lowest BCUT2D eigenvalue weighted by Gasteiger charge is -2.17. The molecule has 9 nitrogen and oxygen atoms in total. The molecule has 4 rings (SSSR count). The summed E-state index contributed by atoms with van der Waals surface area (Å²) >= 11 is 1.46. The summed E-state index contributed by atoms with van der Waals surface area (Å²) in [5.74, 6) is 0.799. The van der Waals surface area contributed by atoms with Crippen LogP contribution in [-0.4, -0.2) is 56.5 Å². The fraction of sp³-hybridized carbons (Fsp3) is 0.160. The zero-order valence-corrected chi connectivity index (χ0v) is 19.8. The van der Waals surface area contributed by atoms with Crippen LogP contribution < -0.4 is 5.32 Å². The third kappa shape index (κ3) is 6.98. The molecule has 0 aliphatic heterocycles. The highest BCUT2D eigenvalue weighted by molar-refractivity contribution is 8.04. The van der Waals surface area contributed by atoms with Gasteiger partial charge in [-0.3, -0.25) is 14.6 Å². The lowest BCUT2D eigenvalue weighted by molar-refractivity contribution is -0.115. The monoisotopic (exact) mass is 485 g/mol. The topological polar surface area (TPSA) is 125 Å². The Morgan fingerprint density at radius 2 is 1.94 bits per heavy atom. The molecule has 1 aromatic heterocycles. The highest BCUT2D eigenvalue weighted by atomic mass is 32.2. The number of nitrogens with zero attached hydrogens (tertiary/aromatic N) is 5. The van der Waals surface area contributed by atoms with E-state index in [-0.39, 0.29) is 17.7 Å². The zero-order valence-electron chi connectivity index (χ0n) is 19.0. The Labute approximate surface area is 206 Å². The van der Waals surface area contributed by atoms with Crippen LogP contribution in [0.2, 0.25) is 0 Å². The fourth-order valence-corrected chi connectivity index (χ4v) is 4.24. The molecule has 0 radical (unpaired) electrons. The number of ketones is 1. The normalized spacial score (nSPS) is 15.5. The average Bonchev–Trinajstić information content (AvgIpc) is 3.40. The van der Waals surface area contributed by atoms with Crippen molar-refractivity contribution >= 4 is 41.1 Å². The van der Waals surface area contributed by atoms with Gasteiger partial charge in [0.05, 0.1) is 17.4 Å². The van der Waals surface area contributed by atoms with Crippen molar-refractivity contribution in [1.82, 2.24) is 25.9 Å². The van der Waals surface area contributed by atoms with Crippen LogP contribution in [0.5, 0.6) is 0 Å². The number of H-pyrrole nitrogens is 1. The van der Waals surface area contributed by atoms with Gasteiger partial charge in [-0.25, -0.2) is 10.1 Å². The second-order valence-corrected chi connectivity index (χ2v) is 8.68. The van der Waals surface area contributed by atoms with Gasteiger partial charge in [-0.2, -0.15) is 0 Å². The van der Waals surface area contributed by atoms with Crippen molar-refractivity contribution in [3.63, 3.8) is 0 Å². The van der Waals surface area contributed by atoms with Crippen LogP contribution in [-0.2, 0) is 9.59 Å². The summed E-state index contributed by atoms with van der Waals surface area (Å²) in [5.41, 5.74) is 3.34. The molecule has 1 unspecified atom stereocenters. The first-order chi connectivity index (χ1) is 17.1. The molecule has 2 N–H and O–H groups in total. The Balaban J connectivity index is 1.40. The van der Waals surface area contributed by atoms with Crippen molar-refractivity contribution in [2.45, 2.75) is 13.0 Å². The minimum atomic E-state index is -0.307. The largest absolute Gasteiger partial charge is 0.303 e. The molecule has 10 heteroatoms. The molecule has 176 valence electrons. The molecule has 0 saturated carbocycles. The molecule has 0 bridgehead atoms. The SMILES string of the molecule is CC(=O)/N=C1/C=CC(=O)C=C1SCCNC(c1ccc(/N=C\c2ccccc2)cc1)c1nnn[nH]1. The van der Waals surface area contributed by atoms with E-state index in [1.165, 1.54) is 30.8 Å². The van der Waals surface area contributed by atoms with Gasteiger partial charge in [-0.1, -0.05) is 42.5 Å². The van der Waals surface area contributed by atoms with Gasteiger partial charge in [-0.05, 0) is 45.8 Å². The van der Waals surface area contributed by atoms with Crippen LogP contribution in [0.25, 0.3) is 0 Å². The Kier molecular flexibility index (Phi) is 8.21. The molecule has 1 aliphatic carbocycles. The number of aromatic amines is 1. The van der Waals surface area contributed by atoms with Crippen LogP contribution in [0.15, 0.2) is 87.7 Å². The number of hydrogen-bond acceptors (Lipinski definition) is 8. The molecular weight excluding hydrogens is 462 g/mol. The van der Waals surface area contributed by atoms with Crippen LogP contribution in [0.3, 0.4) is 0 Å². The third-order valence-corrected chi connectivity index (χ3v) is 5.99. The molecule has 2 aromatic carbocycles. The quantitative estimate of drug-likeness (QED) is 0.270. The van der Waals surface area contributed by atoms with E-state index in [1.54, 1.807) is 6.08 Å². The number of carbonyl (C=O) groups is 2. The Morgan fingerprint density at radius 1 is 1.14 bits per heavy atom. The first kappa shape index (κ1) is 24.1. The number of tetrazole rings is 1. The van der Waals surface area contributed by atoms with Gasteiger partial charge in [0.2, 0.25) is 5.91 Å². The van der Waals surface area contributed by atoms with Crippen LogP contribution in [0.4, 0.5) is 5.69 Å². The van der Waals surface area contributed by atoms with Gasteiger partial charge in [0.1, 0.15) is 0 Å². The maximum Gasteiger partial charge on any atom is 0.243 e. The van der Waals surface area contributed by atoms with E-state index in [4.69, 9.17) is 0 Å². The van der Waals surface area contributed by atoms with E-state index in [0.717, 1.165) is 16.8 Å². The highest BCUT2D eigenvalue weighted by Crippen LogP contribution is 2.24. The smallest absolute Gasteiger partial charge is 0.243 e. The first-order valence-corrected chi connectivity index (χ1v) is 11.9. The lowest BCUT2D eigenvalue weighted by Crippen LogP contribution is -2.26. The number of nitrogens with one attached hydrogen (secondary N) is 2. The van der Waals surface area contributed by atoms with Crippen molar-refractivity contribution in [2.24, 2.45) is 9.98 Å². The van der Waals surface area contributed by atoms with Gasteiger partial charge in [0.25, 0.3) is 0 Å². The van der Waals surface area contributed by atoms with E-state index < -0.39 is 0 Å². The van der Waals surface area contributed by atoms with Gasteiger partial charge in [0.15, 0.2) is 11.6 Å². The summed E-state index contributed by atoms with van der Waals surface area (Å²) in [7, 11) is 0. The zero-order chi connectivity index (χ0) is 24.5. The van der Waals surface area contributed by atoms with Crippen molar-refractivity contribution in [3.05, 3.63) is 94.7 Å².